The maximum Gasteiger partial charge on any atom is 0.335 e. The second-order valence-electron chi connectivity index (χ2n) is 10.6. The lowest BCUT2D eigenvalue weighted by atomic mass is 10.0. The minimum absolute atomic E-state index is 0.0425. The Kier molecular flexibility index (Phi) is 8.08. The number of carbonyl (C=O) groups is 1. The highest BCUT2D eigenvalue weighted by Gasteiger charge is 2.31. The van der Waals surface area contributed by atoms with E-state index in [-0.39, 0.29) is 29.0 Å². The van der Waals surface area contributed by atoms with Crippen molar-refractivity contribution in [2.24, 2.45) is 0 Å². The largest absolute Gasteiger partial charge is 0.457 e. The van der Waals surface area contributed by atoms with Gasteiger partial charge in [-0.15, -0.1) is 0 Å². The minimum Gasteiger partial charge on any atom is -0.457 e. The molecule has 0 radical (unpaired) electrons. The van der Waals surface area contributed by atoms with Crippen molar-refractivity contribution in [3.63, 3.8) is 0 Å². The molecular weight excluding hydrogens is 534 g/mol. The first-order valence-electron chi connectivity index (χ1n) is 13.9. The van der Waals surface area contributed by atoms with Gasteiger partial charge >= 0.3 is 5.69 Å². The molecule has 1 aliphatic rings. The number of nitriles is 1. The molecule has 1 fully saturated rings. The molecule has 0 unspecified atom stereocenters. The van der Waals surface area contributed by atoms with Crippen molar-refractivity contribution < 1.29 is 14.3 Å². The van der Waals surface area contributed by atoms with Gasteiger partial charge in [0.2, 0.25) is 0 Å². The lowest BCUT2D eigenvalue weighted by molar-refractivity contribution is -0.128. The van der Waals surface area contributed by atoms with Crippen LogP contribution in [0.25, 0.3) is 16.9 Å². The van der Waals surface area contributed by atoms with Gasteiger partial charge in [-0.25, -0.2) is 14.8 Å². The normalized spacial score (nSPS) is 14.6. The Labute approximate surface area is 243 Å². The van der Waals surface area contributed by atoms with E-state index in [1.165, 1.54) is 10.9 Å². The van der Waals surface area contributed by atoms with Gasteiger partial charge in [-0.3, -0.25) is 13.9 Å². The number of imidazole rings is 1. The van der Waals surface area contributed by atoms with Crippen molar-refractivity contribution in [3.8, 4) is 23.3 Å². The van der Waals surface area contributed by atoms with Gasteiger partial charge in [-0.1, -0.05) is 18.2 Å². The van der Waals surface area contributed by atoms with Crippen molar-refractivity contribution >= 4 is 22.9 Å². The van der Waals surface area contributed by atoms with Crippen LogP contribution in [0.3, 0.4) is 0 Å². The average molecular weight is 568 g/mol. The van der Waals surface area contributed by atoms with Gasteiger partial charge in [0.1, 0.15) is 35.0 Å². The summed E-state index contributed by atoms with van der Waals surface area (Å²) in [5.74, 6) is 1.17. The fourth-order valence-corrected chi connectivity index (χ4v) is 5.32. The van der Waals surface area contributed by atoms with E-state index in [2.05, 4.69) is 9.97 Å². The van der Waals surface area contributed by atoms with Crippen molar-refractivity contribution in [3.05, 3.63) is 83.1 Å². The molecular formula is C31H33N7O4. The van der Waals surface area contributed by atoms with Gasteiger partial charge in [0, 0.05) is 25.7 Å². The number of hydrogen-bond donors (Lipinski definition) is 1. The van der Waals surface area contributed by atoms with E-state index in [4.69, 9.17) is 15.2 Å². The van der Waals surface area contributed by atoms with E-state index in [9.17, 15) is 14.9 Å². The molecule has 0 saturated carbocycles. The number of rotatable bonds is 8. The number of carbonyl (C=O) groups excluding carboxylic acids is 1. The monoisotopic (exact) mass is 567 g/mol. The van der Waals surface area contributed by atoms with Crippen LogP contribution in [0.15, 0.2) is 77.4 Å². The van der Waals surface area contributed by atoms with Crippen LogP contribution in [0.4, 0.5) is 5.82 Å². The first-order valence-corrected chi connectivity index (χ1v) is 13.9. The smallest absolute Gasteiger partial charge is 0.335 e. The fraction of sp³-hybridized carbons (Fsp3) is 0.323. The number of piperidine rings is 1. The lowest BCUT2D eigenvalue weighted by Gasteiger charge is -2.32. The Bertz CT molecular complexity index is 1710. The number of amides is 1. The highest BCUT2D eigenvalue weighted by molar-refractivity contribution is 5.97. The minimum atomic E-state index is -0.742. The highest BCUT2D eigenvalue weighted by atomic mass is 16.5. The van der Waals surface area contributed by atoms with E-state index in [1.54, 1.807) is 39.8 Å². The molecule has 216 valence electrons. The number of benzene rings is 2. The maximum atomic E-state index is 13.9. The van der Waals surface area contributed by atoms with Crippen LogP contribution in [-0.4, -0.2) is 55.2 Å². The van der Waals surface area contributed by atoms with Crippen LogP contribution in [0.5, 0.6) is 11.5 Å². The number of aromatic nitrogens is 4. The Morgan fingerprint density at radius 1 is 1.10 bits per heavy atom. The fourth-order valence-electron chi connectivity index (χ4n) is 5.32. The standard InChI is InChI=1S/C31H33N7O4/c1-4-41-31(2,3)18-21(19-32)29(39)36-16-14-23(15-17-36)38-28-26(27(33)34-20-35-28)37(30(38)40)22-10-12-25(13-11-22)42-24-8-6-5-7-9-24/h5-13,18,20,23H,4,14-17H2,1-3H3,(H2,33,34,35)/b21-18-. The number of para-hydroxylation sites is 1. The Morgan fingerprint density at radius 2 is 1.76 bits per heavy atom. The molecule has 4 aromatic rings. The number of ether oxygens (including phenoxy) is 2. The Morgan fingerprint density at radius 3 is 2.40 bits per heavy atom. The average Bonchev–Trinajstić information content (AvgIpc) is 3.29. The highest BCUT2D eigenvalue weighted by Crippen LogP contribution is 2.29. The molecule has 5 rings (SSSR count). The van der Waals surface area contributed by atoms with Crippen LogP contribution in [0.2, 0.25) is 0 Å². The molecule has 11 heteroatoms. The number of likely N-dealkylation sites (tertiary alicyclic amines) is 1. The quantitative estimate of drug-likeness (QED) is 0.244. The number of nitrogen functional groups attached to an aromatic ring is 1. The number of nitrogens with zero attached hydrogens (tertiary/aromatic N) is 6. The molecule has 0 spiro atoms. The number of nitrogens with two attached hydrogens (primary N) is 1. The van der Waals surface area contributed by atoms with Gasteiger partial charge in [0.15, 0.2) is 11.5 Å². The third-order valence-corrected chi connectivity index (χ3v) is 7.23. The van der Waals surface area contributed by atoms with E-state index < -0.39 is 5.60 Å². The van der Waals surface area contributed by atoms with Gasteiger partial charge in [0.05, 0.1) is 11.3 Å². The van der Waals surface area contributed by atoms with Gasteiger partial charge in [0.25, 0.3) is 5.91 Å². The lowest BCUT2D eigenvalue weighted by Crippen LogP contribution is -2.41. The van der Waals surface area contributed by atoms with Gasteiger partial charge in [-0.2, -0.15) is 5.26 Å². The van der Waals surface area contributed by atoms with Crippen LogP contribution in [0.1, 0.15) is 39.7 Å². The van der Waals surface area contributed by atoms with E-state index in [1.807, 2.05) is 57.2 Å². The summed E-state index contributed by atoms with van der Waals surface area (Å²) >= 11 is 0. The second kappa shape index (κ2) is 11.9. The molecule has 1 amide bonds. The van der Waals surface area contributed by atoms with Crippen LogP contribution in [0, 0.1) is 11.3 Å². The summed E-state index contributed by atoms with van der Waals surface area (Å²) in [6.45, 7) is 6.70. The second-order valence-corrected chi connectivity index (χ2v) is 10.6. The molecule has 2 aromatic heterocycles. The van der Waals surface area contributed by atoms with Crippen LogP contribution >= 0.6 is 0 Å². The van der Waals surface area contributed by atoms with E-state index in [0.717, 1.165) is 0 Å². The third-order valence-electron chi connectivity index (χ3n) is 7.23. The summed E-state index contributed by atoms with van der Waals surface area (Å²) in [5, 5.41) is 9.67. The zero-order valence-corrected chi connectivity index (χ0v) is 23.9. The maximum absolute atomic E-state index is 13.9. The van der Waals surface area contributed by atoms with E-state index in [0.29, 0.717) is 60.9 Å². The SMILES string of the molecule is CCOC(C)(C)/C=C(/C#N)C(=O)N1CCC(n2c(=O)n(-c3ccc(Oc4ccccc4)cc3)c3c(N)ncnc32)CC1. The molecule has 0 bridgehead atoms. The summed E-state index contributed by atoms with van der Waals surface area (Å²) in [4.78, 5) is 37.3. The van der Waals surface area contributed by atoms with Gasteiger partial charge < -0.3 is 20.1 Å². The predicted octanol–water partition coefficient (Wildman–Crippen LogP) is 4.39. The topological polar surface area (TPSA) is 141 Å². The van der Waals surface area contributed by atoms with Crippen LogP contribution in [-0.2, 0) is 9.53 Å². The van der Waals surface area contributed by atoms with Crippen molar-refractivity contribution in [1.29, 1.82) is 5.26 Å². The summed E-state index contributed by atoms with van der Waals surface area (Å²) in [7, 11) is 0. The van der Waals surface area contributed by atoms with Crippen molar-refractivity contribution in [2.45, 2.75) is 45.3 Å². The third kappa shape index (κ3) is 5.75. The van der Waals surface area contributed by atoms with E-state index >= 15 is 0 Å². The number of hydrogen-bond acceptors (Lipinski definition) is 8. The van der Waals surface area contributed by atoms with Crippen LogP contribution < -0.4 is 16.2 Å². The zero-order valence-electron chi connectivity index (χ0n) is 23.9. The first-order chi connectivity index (χ1) is 20.2. The zero-order chi connectivity index (χ0) is 29.9. The molecule has 0 atom stereocenters. The molecule has 0 aliphatic carbocycles. The summed E-state index contributed by atoms with van der Waals surface area (Å²) in [6.07, 6.45) is 3.93. The number of anilines is 1. The Hall–Kier alpha value is -4.95. The molecule has 1 aliphatic heterocycles. The first kappa shape index (κ1) is 28.6. The van der Waals surface area contributed by atoms with Crippen molar-refractivity contribution in [1.82, 2.24) is 24.0 Å². The summed E-state index contributed by atoms with van der Waals surface area (Å²) in [5.41, 5.74) is 6.72. The molecule has 2 N–H and O–H groups in total. The summed E-state index contributed by atoms with van der Waals surface area (Å²) < 4.78 is 14.7. The molecule has 1 saturated heterocycles. The summed E-state index contributed by atoms with van der Waals surface area (Å²) in [6, 6.07) is 18.4. The molecule has 11 nitrogen and oxygen atoms in total. The molecule has 2 aromatic carbocycles. The predicted molar refractivity (Wildman–Crippen MR) is 158 cm³/mol. The molecule has 42 heavy (non-hydrogen) atoms. The molecule has 3 heterocycles. The van der Waals surface area contributed by atoms with Gasteiger partial charge in [-0.05, 0) is 76.1 Å². The van der Waals surface area contributed by atoms with Crippen molar-refractivity contribution in [2.75, 3.05) is 25.4 Å². The Balaban J connectivity index is 1.41. The number of fused-ring (bicyclic) bond motifs is 1.